The van der Waals surface area contributed by atoms with E-state index < -0.39 is 0 Å². The number of halogens is 1. The number of ether oxygens (including phenoxy) is 1. The zero-order valence-corrected chi connectivity index (χ0v) is 12.4. The maximum atomic E-state index is 11.6. The summed E-state index contributed by atoms with van der Waals surface area (Å²) in [6, 6.07) is 0. The number of esters is 1. The predicted octanol–water partition coefficient (Wildman–Crippen LogP) is 3.76. The molecule has 0 N–H and O–H groups in total. The Morgan fingerprint density at radius 2 is 1.76 bits per heavy atom. The second-order valence-electron chi connectivity index (χ2n) is 4.03. The van der Waals surface area contributed by atoms with E-state index in [1.165, 1.54) is 14.0 Å². The Bertz CT molecular complexity index is 295. The second-order valence-corrected chi connectivity index (χ2v) is 4.99. The second kappa shape index (κ2) is 9.40. The van der Waals surface area contributed by atoms with E-state index in [1.807, 2.05) is 0 Å². The topological polar surface area (TPSA) is 43.4 Å². The number of carbonyl (C=O) groups excluding carboxylic acids is 2. The van der Waals surface area contributed by atoms with Crippen molar-refractivity contribution in [2.45, 2.75) is 52.4 Å². The first-order valence-corrected chi connectivity index (χ1v) is 6.77. The van der Waals surface area contributed by atoms with Crippen molar-refractivity contribution in [3.05, 3.63) is 10.1 Å². The first kappa shape index (κ1) is 16.4. The van der Waals surface area contributed by atoms with Crippen LogP contribution in [0, 0.1) is 0 Å². The quantitative estimate of drug-likeness (QED) is 0.389. The summed E-state index contributed by atoms with van der Waals surface area (Å²) in [7, 11) is 1.36. The van der Waals surface area contributed by atoms with Gasteiger partial charge >= 0.3 is 5.97 Å². The van der Waals surface area contributed by atoms with Gasteiger partial charge in [0.15, 0.2) is 0 Å². The molecule has 0 aliphatic heterocycles. The molecular formula is C13H21BrO3. The van der Waals surface area contributed by atoms with Crippen LogP contribution in [0.1, 0.15) is 52.4 Å². The molecule has 0 unspecified atom stereocenters. The molecule has 0 bridgehead atoms. The lowest BCUT2D eigenvalue weighted by molar-refractivity contribution is -0.136. The largest absolute Gasteiger partial charge is 0.466 e. The highest BCUT2D eigenvalue weighted by molar-refractivity contribution is 9.11. The third-order valence-electron chi connectivity index (χ3n) is 2.49. The van der Waals surface area contributed by atoms with E-state index in [0.717, 1.165) is 30.2 Å². The number of ketones is 1. The summed E-state index contributed by atoms with van der Waals surface area (Å²) in [6.45, 7) is 3.66. The van der Waals surface area contributed by atoms with Gasteiger partial charge in [0.25, 0.3) is 0 Å². The summed E-state index contributed by atoms with van der Waals surface area (Å²) in [5.41, 5.74) is 0.596. The van der Waals surface area contributed by atoms with Crippen molar-refractivity contribution in [3.8, 4) is 0 Å². The van der Waals surface area contributed by atoms with E-state index in [-0.39, 0.29) is 11.8 Å². The van der Waals surface area contributed by atoms with Crippen molar-refractivity contribution in [3.63, 3.8) is 0 Å². The summed E-state index contributed by atoms with van der Waals surface area (Å²) in [4.78, 5) is 22.5. The van der Waals surface area contributed by atoms with Gasteiger partial charge in [-0.15, -0.1) is 0 Å². The van der Waals surface area contributed by atoms with Crippen LogP contribution in [0.25, 0.3) is 0 Å². The van der Waals surface area contributed by atoms with Crippen LogP contribution in [0.15, 0.2) is 10.1 Å². The predicted molar refractivity (Wildman–Crippen MR) is 72.0 cm³/mol. The molecule has 4 heteroatoms. The lowest BCUT2D eigenvalue weighted by atomic mass is 10.1. The number of unbranched alkanes of at least 4 members (excludes halogenated alkanes) is 2. The van der Waals surface area contributed by atoms with Crippen molar-refractivity contribution in [1.29, 1.82) is 0 Å². The lowest BCUT2D eigenvalue weighted by Crippen LogP contribution is -2.08. The standard InChI is InChI=1S/C13H21BrO3/c1-4-5-6-7-12(14)11(13(16)17-3)9-8-10(2)15/h4-9H2,1-3H3/b12-11-. The Kier molecular flexibility index (Phi) is 9.04. The molecule has 0 aliphatic rings. The fourth-order valence-corrected chi connectivity index (χ4v) is 2.09. The van der Waals surface area contributed by atoms with Crippen LogP contribution in [0.5, 0.6) is 0 Å². The minimum atomic E-state index is -0.338. The van der Waals surface area contributed by atoms with E-state index >= 15 is 0 Å². The van der Waals surface area contributed by atoms with Crippen LogP contribution in [0.4, 0.5) is 0 Å². The van der Waals surface area contributed by atoms with E-state index in [2.05, 4.69) is 22.9 Å². The van der Waals surface area contributed by atoms with E-state index in [0.29, 0.717) is 18.4 Å². The van der Waals surface area contributed by atoms with Crippen LogP contribution in [-0.4, -0.2) is 18.9 Å². The molecule has 0 aliphatic carbocycles. The summed E-state index contributed by atoms with van der Waals surface area (Å²) < 4.78 is 5.61. The summed E-state index contributed by atoms with van der Waals surface area (Å²) >= 11 is 3.43. The fourth-order valence-electron chi connectivity index (χ4n) is 1.45. The number of carbonyl (C=O) groups is 2. The van der Waals surface area contributed by atoms with E-state index in [1.54, 1.807) is 0 Å². The minimum Gasteiger partial charge on any atom is -0.466 e. The van der Waals surface area contributed by atoms with Crippen LogP contribution in [0.2, 0.25) is 0 Å². The van der Waals surface area contributed by atoms with Gasteiger partial charge in [-0.25, -0.2) is 4.79 Å². The molecule has 0 heterocycles. The van der Waals surface area contributed by atoms with E-state index in [9.17, 15) is 9.59 Å². The average molecular weight is 305 g/mol. The van der Waals surface area contributed by atoms with Gasteiger partial charge in [-0.2, -0.15) is 0 Å². The fraction of sp³-hybridized carbons (Fsp3) is 0.692. The summed E-state index contributed by atoms with van der Waals surface area (Å²) in [5, 5.41) is 0. The lowest BCUT2D eigenvalue weighted by Gasteiger charge is -2.08. The molecule has 0 fully saturated rings. The van der Waals surface area contributed by atoms with Crippen LogP contribution in [-0.2, 0) is 14.3 Å². The molecule has 0 atom stereocenters. The Morgan fingerprint density at radius 3 is 2.24 bits per heavy atom. The van der Waals surface area contributed by atoms with Gasteiger partial charge in [0, 0.05) is 16.5 Å². The van der Waals surface area contributed by atoms with Crippen molar-refractivity contribution in [2.24, 2.45) is 0 Å². The number of methoxy groups -OCH3 is 1. The molecule has 0 radical (unpaired) electrons. The molecule has 0 saturated heterocycles. The number of rotatable bonds is 8. The maximum Gasteiger partial charge on any atom is 0.334 e. The molecular weight excluding hydrogens is 284 g/mol. The van der Waals surface area contributed by atoms with Crippen LogP contribution >= 0.6 is 15.9 Å². The van der Waals surface area contributed by atoms with Crippen molar-refractivity contribution < 1.29 is 14.3 Å². The SMILES string of the molecule is CCCCC/C(Br)=C(\CCC(C)=O)C(=O)OC. The molecule has 0 amide bonds. The summed E-state index contributed by atoms with van der Waals surface area (Å²) in [6.07, 6.45) is 4.98. The maximum absolute atomic E-state index is 11.6. The zero-order valence-electron chi connectivity index (χ0n) is 10.8. The van der Waals surface area contributed by atoms with Crippen molar-refractivity contribution in [1.82, 2.24) is 0 Å². The zero-order chi connectivity index (χ0) is 13.3. The molecule has 98 valence electrons. The Labute approximate surface area is 112 Å². The molecule has 0 rings (SSSR count). The number of allylic oxidation sites excluding steroid dienone is 1. The molecule has 0 saturated carbocycles. The monoisotopic (exact) mass is 304 g/mol. The van der Waals surface area contributed by atoms with Gasteiger partial charge in [0.05, 0.1) is 7.11 Å². The van der Waals surface area contributed by atoms with Gasteiger partial charge in [-0.05, 0) is 26.2 Å². The van der Waals surface area contributed by atoms with Gasteiger partial charge in [0.2, 0.25) is 0 Å². The molecule has 17 heavy (non-hydrogen) atoms. The number of Topliss-reactive ketones (excluding diaryl/α,β-unsaturated/α-hetero) is 1. The highest BCUT2D eigenvalue weighted by Crippen LogP contribution is 2.24. The minimum absolute atomic E-state index is 0.0836. The van der Waals surface area contributed by atoms with Gasteiger partial charge < -0.3 is 9.53 Å². The molecule has 3 nitrogen and oxygen atoms in total. The number of hydrogen-bond donors (Lipinski definition) is 0. The molecule has 0 aromatic carbocycles. The Balaban J connectivity index is 4.56. The highest BCUT2D eigenvalue weighted by Gasteiger charge is 2.14. The first-order valence-electron chi connectivity index (χ1n) is 5.98. The van der Waals surface area contributed by atoms with E-state index in [4.69, 9.17) is 4.74 Å². The van der Waals surface area contributed by atoms with Crippen LogP contribution in [0.3, 0.4) is 0 Å². The molecule has 0 spiro atoms. The Morgan fingerprint density at radius 1 is 1.12 bits per heavy atom. The molecule has 0 aromatic heterocycles. The average Bonchev–Trinajstić information content (AvgIpc) is 2.28. The van der Waals surface area contributed by atoms with Gasteiger partial charge in [-0.1, -0.05) is 35.7 Å². The van der Waals surface area contributed by atoms with Crippen molar-refractivity contribution >= 4 is 27.7 Å². The Hall–Kier alpha value is -0.640. The van der Waals surface area contributed by atoms with Gasteiger partial charge in [-0.3, -0.25) is 0 Å². The first-order chi connectivity index (χ1) is 8.02. The number of hydrogen-bond acceptors (Lipinski definition) is 3. The smallest absolute Gasteiger partial charge is 0.334 e. The third-order valence-corrected chi connectivity index (χ3v) is 3.36. The van der Waals surface area contributed by atoms with Gasteiger partial charge in [0.1, 0.15) is 5.78 Å². The normalized spacial score (nSPS) is 12.0. The summed E-state index contributed by atoms with van der Waals surface area (Å²) in [5.74, 6) is -0.255. The third kappa shape index (κ3) is 7.31. The van der Waals surface area contributed by atoms with Crippen LogP contribution < -0.4 is 0 Å². The molecule has 0 aromatic rings. The highest BCUT2D eigenvalue weighted by atomic mass is 79.9. The van der Waals surface area contributed by atoms with Crippen molar-refractivity contribution in [2.75, 3.05) is 7.11 Å².